The fourth-order valence-corrected chi connectivity index (χ4v) is 3.92. The van der Waals surface area contributed by atoms with Gasteiger partial charge in [0.25, 0.3) is 5.91 Å². The fraction of sp³-hybridized carbons (Fsp3) is 0.167. The zero-order valence-electron chi connectivity index (χ0n) is 17.8. The summed E-state index contributed by atoms with van der Waals surface area (Å²) in [6.07, 6.45) is 1.16. The molecule has 0 aromatic heterocycles. The van der Waals surface area contributed by atoms with Gasteiger partial charge in [-0.2, -0.15) is 0 Å². The van der Waals surface area contributed by atoms with Crippen molar-refractivity contribution in [2.45, 2.75) is 13.5 Å². The van der Waals surface area contributed by atoms with Gasteiger partial charge in [-0.15, -0.1) is 0 Å². The molecular formula is C24H24N2O5S. The predicted molar refractivity (Wildman–Crippen MR) is 124 cm³/mol. The summed E-state index contributed by atoms with van der Waals surface area (Å²) < 4.78 is 30.8. The van der Waals surface area contributed by atoms with Crippen LogP contribution in [0.15, 0.2) is 78.9 Å². The summed E-state index contributed by atoms with van der Waals surface area (Å²) in [5.74, 6) is -0.733. The van der Waals surface area contributed by atoms with Crippen molar-refractivity contribution in [3.05, 3.63) is 95.6 Å². The van der Waals surface area contributed by atoms with Crippen LogP contribution in [0.1, 0.15) is 33.2 Å². The standard InChI is InChI=1S/C24H24N2O5S/c1-3-31-24(28)20-13-15-21(16-14-20)25-23(27)19-11-9-18(10-12-19)17-26(32(2,29)30)22-7-5-4-6-8-22/h4-16H,3,17H2,1-2H3,(H,25,27). The first-order valence-electron chi connectivity index (χ1n) is 9.98. The van der Waals surface area contributed by atoms with Gasteiger partial charge in [-0.25, -0.2) is 13.2 Å². The van der Waals surface area contributed by atoms with Crippen LogP contribution in [-0.2, 0) is 21.3 Å². The molecule has 0 saturated carbocycles. The topological polar surface area (TPSA) is 92.8 Å². The minimum atomic E-state index is -3.48. The van der Waals surface area contributed by atoms with Gasteiger partial charge in [0, 0.05) is 11.3 Å². The van der Waals surface area contributed by atoms with Crippen molar-refractivity contribution in [1.29, 1.82) is 0 Å². The third-order valence-corrected chi connectivity index (χ3v) is 5.78. The molecule has 1 amide bonds. The van der Waals surface area contributed by atoms with Gasteiger partial charge in [-0.05, 0) is 61.0 Å². The second-order valence-electron chi connectivity index (χ2n) is 7.05. The molecule has 7 nitrogen and oxygen atoms in total. The second-order valence-corrected chi connectivity index (χ2v) is 8.96. The number of benzene rings is 3. The van der Waals surface area contributed by atoms with E-state index in [1.807, 2.05) is 6.07 Å². The molecule has 3 rings (SSSR count). The average molecular weight is 453 g/mol. The molecule has 0 fully saturated rings. The number of anilines is 2. The number of ether oxygens (including phenoxy) is 1. The number of carbonyl (C=O) groups excluding carboxylic acids is 2. The number of carbonyl (C=O) groups is 2. The maximum atomic E-state index is 12.5. The maximum Gasteiger partial charge on any atom is 0.338 e. The lowest BCUT2D eigenvalue weighted by molar-refractivity contribution is 0.0526. The molecule has 0 aliphatic rings. The smallest absolute Gasteiger partial charge is 0.338 e. The van der Waals surface area contributed by atoms with E-state index in [0.29, 0.717) is 29.1 Å². The molecule has 0 aliphatic carbocycles. The molecule has 0 bridgehead atoms. The van der Waals surface area contributed by atoms with Crippen molar-refractivity contribution in [1.82, 2.24) is 0 Å². The van der Waals surface area contributed by atoms with Crippen molar-refractivity contribution < 1.29 is 22.7 Å². The van der Waals surface area contributed by atoms with Crippen molar-refractivity contribution in [2.24, 2.45) is 0 Å². The van der Waals surface area contributed by atoms with Gasteiger partial charge in [-0.3, -0.25) is 9.10 Å². The van der Waals surface area contributed by atoms with Crippen LogP contribution in [0.25, 0.3) is 0 Å². The van der Waals surface area contributed by atoms with Crippen molar-refractivity contribution in [3.8, 4) is 0 Å². The highest BCUT2D eigenvalue weighted by Crippen LogP contribution is 2.20. The number of nitrogens with zero attached hydrogens (tertiary/aromatic N) is 1. The minimum Gasteiger partial charge on any atom is -0.462 e. The summed E-state index contributed by atoms with van der Waals surface area (Å²) in [5, 5.41) is 2.77. The summed E-state index contributed by atoms with van der Waals surface area (Å²) in [6.45, 7) is 2.18. The monoisotopic (exact) mass is 452 g/mol. The number of nitrogens with one attached hydrogen (secondary N) is 1. The summed E-state index contributed by atoms with van der Waals surface area (Å²) >= 11 is 0. The Bertz CT molecular complexity index is 1180. The highest BCUT2D eigenvalue weighted by atomic mass is 32.2. The molecule has 0 spiro atoms. The Hall–Kier alpha value is -3.65. The first-order chi connectivity index (χ1) is 15.3. The molecule has 0 aliphatic heterocycles. The van der Waals surface area contributed by atoms with E-state index in [4.69, 9.17) is 4.74 Å². The molecule has 0 radical (unpaired) electrons. The van der Waals surface area contributed by atoms with Crippen LogP contribution in [0.3, 0.4) is 0 Å². The van der Waals surface area contributed by atoms with Gasteiger partial charge in [0.05, 0.1) is 30.7 Å². The average Bonchev–Trinajstić information content (AvgIpc) is 2.78. The minimum absolute atomic E-state index is 0.153. The number of hydrogen-bond donors (Lipinski definition) is 1. The predicted octanol–water partition coefficient (Wildman–Crippen LogP) is 4.08. The van der Waals surface area contributed by atoms with Crippen LogP contribution in [0.5, 0.6) is 0 Å². The Morgan fingerprint density at radius 3 is 2.03 bits per heavy atom. The third-order valence-electron chi connectivity index (χ3n) is 4.64. The molecule has 0 unspecified atom stereocenters. The van der Waals surface area contributed by atoms with Crippen LogP contribution < -0.4 is 9.62 Å². The second kappa shape index (κ2) is 10.1. The van der Waals surface area contributed by atoms with E-state index in [9.17, 15) is 18.0 Å². The van der Waals surface area contributed by atoms with Gasteiger partial charge in [0.2, 0.25) is 10.0 Å². The number of sulfonamides is 1. The Morgan fingerprint density at radius 2 is 1.47 bits per heavy atom. The van der Waals surface area contributed by atoms with E-state index in [-0.39, 0.29) is 12.5 Å². The fourth-order valence-electron chi connectivity index (χ4n) is 3.03. The molecule has 166 valence electrons. The molecule has 0 heterocycles. The molecule has 32 heavy (non-hydrogen) atoms. The number of rotatable bonds is 8. The largest absolute Gasteiger partial charge is 0.462 e. The number of amides is 1. The normalized spacial score (nSPS) is 10.9. The first-order valence-corrected chi connectivity index (χ1v) is 11.8. The van der Waals surface area contributed by atoms with Gasteiger partial charge < -0.3 is 10.1 Å². The summed E-state index contributed by atoms with van der Waals surface area (Å²) in [7, 11) is -3.48. The van der Waals surface area contributed by atoms with Crippen molar-refractivity contribution in [3.63, 3.8) is 0 Å². The first kappa shape index (κ1) is 23.0. The molecule has 0 atom stereocenters. The van der Waals surface area contributed by atoms with Crippen molar-refractivity contribution in [2.75, 3.05) is 22.5 Å². The van der Waals surface area contributed by atoms with E-state index in [0.717, 1.165) is 11.8 Å². The molecule has 3 aromatic carbocycles. The van der Waals surface area contributed by atoms with Crippen LogP contribution in [0, 0.1) is 0 Å². The zero-order chi connectivity index (χ0) is 23.1. The summed E-state index contributed by atoms with van der Waals surface area (Å²) in [6, 6.07) is 22.0. The number of hydrogen-bond acceptors (Lipinski definition) is 5. The summed E-state index contributed by atoms with van der Waals surface area (Å²) in [4.78, 5) is 24.3. The van der Waals surface area contributed by atoms with Crippen LogP contribution in [0.2, 0.25) is 0 Å². The Balaban J connectivity index is 1.68. The SMILES string of the molecule is CCOC(=O)c1ccc(NC(=O)c2ccc(CN(c3ccccc3)S(C)(=O)=O)cc2)cc1. The van der Waals surface area contributed by atoms with E-state index < -0.39 is 16.0 Å². The Morgan fingerprint density at radius 1 is 0.875 bits per heavy atom. The van der Waals surface area contributed by atoms with Gasteiger partial charge in [-0.1, -0.05) is 30.3 Å². The van der Waals surface area contributed by atoms with Crippen molar-refractivity contribution >= 4 is 33.3 Å². The molecule has 1 N–H and O–H groups in total. The maximum absolute atomic E-state index is 12.5. The van der Waals surface area contributed by atoms with Gasteiger partial charge in [0.15, 0.2) is 0 Å². The van der Waals surface area contributed by atoms with Crippen LogP contribution in [0.4, 0.5) is 11.4 Å². The summed E-state index contributed by atoms with van der Waals surface area (Å²) in [5.41, 5.74) is 2.69. The lowest BCUT2D eigenvalue weighted by Crippen LogP contribution is -2.29. The van der Waals surface area contributed by atoms with E-state index in [1.165, 1.54) is 4.31 Å². The van der Waals surface area contributed by atoms with Crippen LogP contribution in [-0.4, -0.2) is 33.2 Å². The quantitative estimate of drug-likeness (QED) is 0.520. The van der Waals surface area contributed by atoms with Gasteiger partial charge >= 0.3 is 5.97 Å². The molecule has 0 saturated heterocycles. The lowest BCUT2D eigenvalue weighted by atomic mass is 10.1. The van der Waals surface area contributed by atoms with Gasteiger partial charge in [0.1, 0.15) is 0 Å². The lowest BCUT2D eigenvalue weighted by Gasteiger charge is -2.22. The third kappa shape index (κ3) is 5.95. The highest BCUT2D eigenvalue weighted by molar-refractivity contribution is 7.92. The number of esters is 1. The Labute approximate surface area is 187 Å². The Kier molecular flexibility index (Phi) is 7.27. The number of para-hydroxylation sites is 1. The highest BCUT2D eigenvalue weighted by Gasteiger charge is 2.18. The molecular weight excluding hydrogens is 428 g/mol. The van der Waals surface area contributed by atoms with E-state index in [1.54, 1.807) is 79.7 Å². The zero-order valence-corrected chi connectivity index (χ0v) is 18.6. The molecule has 8 heteroatoms. The van der Waals surface area contributed by atoms with E-state index >= 15 is 0 Å². The van der Waals surface area contributed by atoms with E-state index in [2.05, 4.69) is 5.32 Å². The van der Waals surface area contributed by atoms with Crippen LogP contribution >= 0.6 is 0 Å². The molecule has 3 aromatic rings.